The van der Waals surface area contributed by atoms with Crippen LogP contribution in [0, 0.1) is 0 Å². The van der Waals surface area contributed by atoms with Crippen molar-refractivity contribution in [2.75, 3.05) is 17.8 Å². The maximum Gasteiger partial charge on any atom is 0.238 e. The molecule has 1 aliphatic rings. The van der Waals surface area contributed by atoms with Crippen molar-refractivity contribution in [2.45, 2.75) is 25.7 Å². The summed E-state index contributed by atoms with van der Waals surface area (Å²) in [5, 5.41) is 0.629. The summed E-state index contributed by atoms with van der Waals surface area (Å²) in [5.41, 5.74) is 2.23. The van der Waals surface area contributed by atoms with E-state index in [4.69, 9.17) is 23.2 Å². The summed E-state index contributed by atoms with van der Waals surface area (Å²) < 4.78 is 0. The topological polar surface area (TPSA) is 20.3 Å². The maximum absolute atomic E-state index is 12.2. The van der Waals surface area contributed by atoms with E-state index in [1.807, 2.05) is 19.1 Å². The summed E-state index contributed by atoms with van der Waals surface area (Å²) in [5.74, 6) is 0.282. The van der Waals surface area contributed by atoms with E-state index in [9.17, 15) is 4.79 Å². The van der Waals surface area contributed by atoms with E-state index in [1.165, 1.54) is 0 Å². The van der Waals surface area contributed by atoms with Crippen LogP contribution >= 0.6 is 23.2 Å². The van der Waals surface area contributed by atoms with E-state index in [0.29, 0.717) is 5.02 Å². The van der Waals surface area contributed by atoms with Gasteiger partial charge in [-0.05, 0) is 30.5 Å². The normalized spacial score (nSPS) is 23.1. The average molecular weight is 272 g/mol. The number of benzene rings is 1. The van der Waals surface area contributed by atoms with Crippen molar-refractivity contribution in [3.05, 3.63) is 28.3 Å². The molecular formula is C13H15Cl2NO. The molecule has 0 spiro atoms. The Hall–Kier alpha value is -0.730. The Morgan fingerprint density at radius 1 is 1.41 bits per heavy atom. The number of hydrogen-bond donors (Lipinski definition) is 0. The first-order valence-corrected chi connectivity index (χ1v) is 6.54. The third-order valence-corrected chi connectivity index (χ3v) is 4.33. The van der Waals surface area contributed by atoms with Crippen LogP contribution in [-0.2, 0) is 16.6 Å². The number of rotatable bonds is 2. The van der Waals surface area contributed by atoms with Crippen LogP contribution in [0.25, 0.3) is 0 Å². The first-order chi connectivity index (χ1) is 7.95. The second-order valence-corrected chi connectivity index (χ2v) is 5.33. The monoisotopic (exact) mass is 271 g/mol. The summed E-state index contributed by atoms with van der Waals surface area (Å²) in [6.07, 6.45) is 0.892. The molecule has 0 N–H and O–H groups in total. The zero-order valence-electron chi connectivity index (χ0n) is 10.2. The molecule has 1 aromatic rings. The predicted octanol–water partition coefficient (Wildman–Crippen LogP) is 3.38. The van der Waals surface area contributed by atoms with Crippen LogP contribution in [0.15, 0.2) is 12.1 Å². The minimum Gasteiger partial charge on any atom is -0.313 e. The molecule has 2 nitrogen and oxygen atoms in total. The average Bonchev–Trinajstić information content (AvgIpc) is 2.52. The Balaban J connectivity index is 2.72. The highest BCUT2D eigenvalue weighted by Gasteiger charge is 2.46. The number of halogens is 2. The van der Waals surface area contributed by atoms with Crippen molar-refractivity contribution in [3.8, 4) is 0 Å². The molecule has 92 valence electrons. The third-order valence-electron chi connectivity index (χ3n) is 3.51. The largest absolute Gasteiger partial charge is 0.313 e. The molecule has 0 radical (unpaired) electrons. The van der Waals surface area contributed by atoms with Gasteiger partial charge in [0.1, 0.15) is 0 Å². The Morgan fingerprint density at radius 3 is 2.59 bits per heavy atom. The number of hydrogen-bond acceptors (Lipinski definition) is 1. The molecule has 0 saturated carbocycles. The zero-order valence-corrected chi connectivity index (χ0v) is 11.7. The number of amides is 1. The van der Waals surface area contributed by atoms with Crippen LogP contribution in [-0.4, -0.2) is 18.8 Å². The number of nitrogens with zero attached hydrogens (tertiary/aromatic N) is 1. The molecule has 4 heteroatoms. The van der Waals surface area contributed by atoms with Gasteiger partial charge in [0, 0.05) is 12.9 Å². The molecule has 0 bridgehead atoms. The van der Waals surface area contributed by atoms with E-state index in [2.05, 4.69) is 6.92 Å². The summed E-state index contributed by atoms with van der Waals surface area (Å²) in [6, 6.07) is 3.97. The van der Waals surface area contributed by atoms with Gasteiger partial charge < -0.3 is 4.90 Å². The zero-order chi connectivity index (χ0) is 12.8. The Morgan fingerprint density at radius 2 is 2.06 bits per heavy atom. The summed E-state index contributed by atoms with van der Waals surface area (Å²) in [7, 11) is 1.75. The van der Waals surface area contributed by atoms with Crippen molar-refractivity contribution in [3.63, 3.8) is 0 Å². The number of aryl methyl sites for hydroxylation is 1. The van der Waals surface area contributed by atoms with Crippen LogP contribution < -0.4 is 4.90 Å². The molecule has 1 atom stereocenters. The minimum atomic E-state index is -0.652. The molecule has 0 saturated heterocycles. The lowest BCUT2D eigenvalue weighted by molar-refractivity contribution is -0.121. The van der Waals surface area contributed by atoms with E-state index in [0.717, 1.165) is 23.2 Å². The van der Waals surface area contributed by atoms with Crippen molar-refractivity contribution in [1.82, 2.24) is 0 Å². The molecule has 2 rings (SSSR count). The van der Waals surface area contributed by atoms with Gasteiger partial charge in [0.2, 0.25) is 5.91 Å². The lowest BCUT2D eigenvalue weighted by Gasteiger charge is -2.19. The highest BCUT2D eigenvalue weighted by Crippen LogP contribution is 2.46. The number of alkyl halides is 1. The van der Waals surface area contributed by atoms with Crippen molar-refractivity contribution in [1.29, 1.82) is 0 Å². The molecule has 1 aromatic carbocycles. The first-order valence-electron chi connectivity index (χ1n) is 5.62. The molecule has 1 heterocycles. The van der Waals surface area contributed by atoms with Crippen LogP contribution in [0.3, 0.4) is 0 Å². The molecule has 0 aromatic heterocycles. The number of fused-ring (bicyclic) bond motifs is 1. The fraction of sp³-hybridized carbons (Fsp3) is 0.462. The lowest BCUT2D eigenvalue weighted by atomic mass is 9.85. The van der Waals surface area contributed by atoms with Gasteiger partial charge >= 0.3 is 0 Å². The van der Waals surface area contributed by atoms with Gasteiger partial charge in [-0.3, -0.25) is 4.79 Å². The molecule has 1 aliphatic heterocycles. The van der Waals surface area contributed by atoms with E-state index in [-0.39, 0.29) is 11.8 Å². The third kappa shape index (κ3) is 1.66. The second-order valence-electron chi connectivity index (χ2n) is 4.66. The van der Waals surface area contributed by atoms with Crippen molar-refractivity contribution in [2.24, 2.45) is 0 Å². The Kier molecular flexibility index (Phi) is 3.13. The number of likely N-dealkylation sites (N-methyl/N-ethyl adjacent to an activating group) is 1. The second kappa shape index (κ2) is 4.18. The standard InChI is InChI=1S/C13H15Cl2NO/c1-4-8-5-9-11(10(15)6-8)16(3)12(17)13(9,2)7-14/h5-6H,4,7H2,1-3H3. The highest BCUT2D eigenvalue weighted by molar-refractivity contribution is 6.35. The van der Waals surface area contributed by atoms with Gasteiger partial charge in [-0.15, -0.1) is 11.6 Å². The SMILES string of the molecule is CCc1cc(Cl)c2c(c1)C(C)(CCl)C(=O)N2C. The quantitative estimate of drug-likeness (QED) is 0.756. The predicted molar refractivity (Wildman–Crippen MR) is 72.3 cm³/mol. The summed E-state index contributed by atoms with van der Waals surface area (Å²) in [6.45, 7) is 3.94. The van der Waals surface area contributed by atoms with Crippen molar-refractivity contribution < 1.29 is 4.79 Å². The Bertz CT molecular complexity index is 487. The smallest absolute Gasteiger partial charge is 0.238 e. The van der Waals surface area contributed by atoms with Gasteiger partial charge in [-0.25, -0.2) is 0 Å². The first kappa shape index (κ1) is 12.7. The van der Waals surface area contributed by atoms with Gasteiger partial charge in [-0.1, -0.05) is 24.6 Å². The van der Waals surface area contributed by atoms with E-state index < -0.39 is 5.41 Å². The molecule has 0 fully saturated rings. The molecule has 17 heavy (non-hydrogen) atoms. The molecule has 1 amide bonds. The van der Waals surface area contributed by atoms with Gasteiger partial charge in [0.05, 0.1) is 16.1 Å². The molecular weight excluding hydrogens is 257 g/mol. The lowest BCUT2D eigenvalue weighted by Crippen LogP contribution is -2.37. The van der Waals surface area contributed by atoms with Gasteiger partial charge in [0.15, 0.2) is 0 Å². The molecule has 0 aliphatic carbocycles. The minimum absolute atomic E-state index is 0.0117. The Labute approximate surface area is 112 Å². The fourth-order valence-corrected chi connectivity index (χ4v) is 2.96. The maximum atomic E-state index is 12.2. The van der Waals surface area contributed by atoms with E-state index in [1.54, 1.807) is 11.9 Å². The highest BCUT2D eigenvalue weighted by atomic mass is 35.5. The van der Waals surface area contributed by atoms with Crippen LogP contribution in [0.4, 0.5) is 5.69 Å². The molecule has 1 unspecified atom stereocenters. The van der Waals surface area contributed by atoms with Crippen molar-refractivity contribution >= 4 is 34.8 Å². The van der Waals surface area contributed by atoms with Crippen LogP contribution in [0.1, 0.15) is 25.0 Å². The summed E-state index contributed by atoms with van der Waals surface area (Å²) >= 11 is 12.3. The van der Waals surface area contributed by atoms with Gasteiger partial charge in [0.25, 0.3) is 0 Å². The number of anilines is 1. The fourth-order valence-electron chi connectivity index (χ4n) is 2.34. The van der Waals surface area contributed by atoms with Crippen LogP contribution in [0.5, 0.6) is 0 Å². The van der Waals surface area contributed by atoms with E-state index >= 15 is 0 Å². The van der Waals surface area contributed by atoms with Gasteiger partial charge in [-0.2, -0.15) is 0 Å². The van der Waals surface area contributed by atoms with Crippen LogP contribution in [0.2, 0.25) is 5.02 Å². The summed E-state index contributed by atoms with van der Waals surface area (Å²) in [4.78, 5) is 13.9. The number of carbonyl (C=O) groups is 1. The number of carbonyl (C=O) groups excluding carboxylic acids is 1.